The minimum atomic E-state index is -0.687. The molecule has 1 heterocycles. The van der Waals surface area contributed by atoms with Gasteiger partial charge in [-0.15, -0.1) is 0 Å². The Kier molecular flexibility index (Phi) is 8.93. The maximum atomic E-state index is 13.2. The Morgan fingerprint density at radius 1 is 0.971 bits per heavy atom. The number of aliphatic hydroxyl groups excluding tert-OH is 1. The fraction of sp³-hybridized carbons (Fsp3) is 0.429. The number of likely N-dealkylation sites (N-methyl/N-ethyl adjacent to an activating group) is 1. The number of carbonyl (C=O) groups is 2. The summed E-state index contributed by atoms with van der Waals surface area (Å²) in [4.78, 5) is 30.1. The van der Waals surface area contributed by atoms with Crippen LogP contribution in [-0.4, -0.2) is 65.5 Å². The number of benzene rings is 2. The number of rotatable bonds is 11. The van der Waals surface area contributed by atoms with E-state index in [0.717, 1.165) is 18.7 Å². The maximum absolute atomic E-state index is 13.2. The zero-order chi connectivity index (χ0) is 25.5. The van der Waals surface area contributed by atoms with Crippen molar-refractivity contribution in [2.24, 2.45) is 0 Å². The Morgan fingerprint density at radius 3 is 2.11 bits per heavy atom. The summed E-state index contributed by atoms with van der Waals surface area (Å²) in [5, 5.41) is 11.2. The van der Waals surface area contributed by atoms with Crippen molar-refractivity contribution < 1.29 is 24.2 Å². The Balaban J connectivity index is 2.04. The maximum Gasteiger partial charge on any atom is 0.295 e. The molecule has 1 aliphatic rings. The van der Waals surface area contributed by atoms with Gasteiger partial charge in [0.2, 0.25) is 0 Å². The standard InChI is InChI=1S/C28H36N2O5/c1-6-29(7-2)17-18-30-25(20-9-13-22(14-10-20)34-8-3)24(27(32)28(30)33)26(31)21-11-15-23(16-12-21)35-19(4)5/h9-16,19,25,31H,6-8,17-18H2,1-5H3/t25-/m1/s1. The Bertz CT molecular complexity index is 1040. The van der Waals surface area contributed by atoms with Crippen molar-refractivity contribution in [2.45, 2.75) is 46.8 Å². The molecule has 0 unspecified atom stereocenters. The molecule has 1 atom stereocenters. The molecule has 0 bridgehead atoms. The molecule has 2 aromatic carbocycles. The second-order valence-corrected chi connectivity index (χ2v) is 8.71. The summed E-state index contributed by atoms with van der Waals surface area (Å²) in [7, 11) is 0. The molecule has 1 aliphatic heterocycles. The molecule has 188 valence electrons. The van der Waals surface area contributed by atoms with Crippen molar-refractivity contribution in [2.75, 3.05) is 32.8 Å². The first-order valence-electron chi connectivity index (χ1n) is 12.3. The van der Waals surface area contributed by atoms with E-state index in [4.69, 9.17) is 9.47 Å². The van der Waals surface area contributed by atoms with Crippen LogP contribution in [0.4, 0.5) is 0 Å². The van der Waals surface area contributed by atoms with Gasteiger partial charge in [0.25, 0.3) is 11.7 Å². The normalized spacial score (nSPS) is 17.5. The zero-order valence-electron chi connectivity index (χ0n) is 21.3. The Morgan fingerprint density at radius 2 is 1.57 bits per heavy atom. The number of hydrogen-bond acceptors (Lipinski definition) is 6. The number of amides is 1. The van der Waals surface area contributed by atoms with Crippen molar-refractivity contribution in [1.29, 1.82) is 0 Å². The van der Waals surface area contributed by atoms with Gasteiger partial charge in [0.1, 0.15) is 17.3 Å². The van der Waals surface area contributed by atoms with Gasteiger partial charge in [0.15, 0.2) is 0 Å². The molecular formula is C28H36N2O5. The van der Waals surface area contributed by atoms with E-state index in [2.05, 4.69) is 18.7 Å². The number of ketones is 1. The van der Waals surface area contributed by atoms with E-state index in [1.165, 1.54) is 0 Å². The van der Waals surface area contributed by atoms with Crippen LogP contribution in [0.15, 0.2) is 54.1 Å². The van der Waals surface area contributed by atoms with E-state index in [1.54, 1.807) is 29.2 Å². The Hall–Kier alpha value is -3.32. The highest BCUT2D eigenvalue weighted by atomic mass is 16.5. The van der Waals surface area contributed by atoms with Crippen LogP contribution in [-0.2, 0) is 9.59 Å². The van der Waals surface area contributed by atoms with Crippen molar-refractivity contribution in [3.05, 3.63) is 65.2 Å². The SMILES string of the molecule is CCOc1ccc([C@@H]2C(=C(O)c3ccc(OC(C)C)cc3)C(=O)C(=O)N2CCN(CC)CC)cc1. The first-order chi connectivity index (χ1) is 16.8. The van der Waals surface area contributed by atoms with Gasteiger partial charge in [-0.3, -0.25) is 9.59 Å². The molecule has 1 fully saturated rings. The summed E-state index contributed by atoms with van der Waals surface area (Å²) in [6.45, 7) is 13.2. The largest absolute Gasteiger partial charge is 0.507 e. The number of Topliss-reactive ketones (excluding diaryl/α,β-unsaturated/α-hetero) is 1. The summed E-state index contributed by atoms with van der Waals surface area (Å²) in [5.41, 5.74) is 1.29. The van der Waals surface area contributed by atoms with Crippen molar-refractivity contribution in [1.82, 2.24) is 9.80 Å². The molecule has 2 aromatic rings. The fourth-order valence-electron chi connectivity index (χ4n) is 4.28. The second-order valence-electron chi connectivity index (χ2n) is 8.71. The lowest BCUT2D eigenvalue weighted by Gasteiger charge is -2.28. The quantitative estimate of drug-likeness (QED) is 0.287. The summed E-state index contributed by atoms with van der Waals surface area (Å²) >= 11 is 0. The van der Waals surface area contributed by atoms with Gasteiger partial charge >= 0.3 is 0 Å². The monoisotopic (exact) mass is 480 g/mol. The van der Waals surface area contributed by atoms with Crippen LogP contribution in [0.1, 0.15) is 51.8 Å². The molecule has 0 saturated carbocycles. The van der Waals surface area contributed by atoms with E-state index in [-0.39, 0.29) is 17.4 Å². The summed E-state index contributed by atoms with van der Waals surface area (Å²) in [6.07, 6.45) is 0.0187. The van der Waals surface area contributed by atoms with Crippen molar-refractivity contribution in [3.8, 4) is 11.5 Å². The molecule has 7 nitrogen and oxygen atoms in total. The van der Waals surface area contributed by atoms with Gasteiger partial charge in [-0.1, -0.05) is 26.0 Å². The van der Waals surface area contributed by atoms with Gasteiger partial charge in [-0.2, -0.15) is 0 Å². The third-order valence-corrected chi connectivity index (χ3v) is 6.10. The lowest BCUT2D eigenvalue weighted by molar-refractivity contribution is -0.140. The first-order valence-corrected chi connectivity index (χ1v) is 12.3. The third kappa shape index (κ3) is 6.03. The molecular weight excluding hydrogens is 444 g/mol. The van der Waals surface area contributed by atoms with Crippen LogP contribution < -0.4 is 9.47 Å². The van der Waals surface area contributed by atoms with Crippen LogP contribution in [0.25, 0.3) is 5.76 Å². The Labute approximate surface area is 207 Å². The number of hydrogen-bond donors (Lipinski definition) is 1. The third-order valence-electron chi connectivity index (χ3n) is 6.10. The van der Waals surface area contributed by atoms with Gasteiger partial charge < -0.3 is 24.4 Å². The lowest BCUT2D eigenvalue weighted by atomic mass is 9.95. The second kappa shape index (κ2) is 11.9. The average Bonchev–Trinajstić information content (AvgIpc) is 3.10. The average molecular weight is 481 g/mol. The smallest absolute Gasteiger partial charge is 0.295 e. The molecule has 3 rings (SSSR count). The fourth-order valence-corrected chi connectivity index (χ4v) is 4.28. The number of likely N-dealkylation sites (tertiary alicyclic amines) is 1. The predicted octanol–water partition coefficient (Wildman–Crippen LogP) is 4.64. The molecule has 0 spiro atoms. The summed E-state index contributed by atoms with van der Waals surface area (Å²) in [5.74, 6) is -0.0965. The zero-order valence-corrected chi connectivity index (χ0v) is 21.3. The van der Waals surface area contributed by atoms with Gasteiger partial charge in [0.05, 0.1) is 24.3 Å². The molecule has 0 aliphatic carbocycles. The summed E-state index contributed by atoms with van der Waals surface area (Å²) in [6, 6.07) is 13.5. The highest BCUT2D eigenvalue weighted by Crippen LogP contribution is 2.40. The predicted molar refractivity (Wildman–Crippen MR) is 137 cm³/mol. The van der Waals surface area contributed by atoms with Crippen LogP contribution >= 0.6 is 0 Å². The molecule has 35 heavy (non-hydrogen) atoms. The summed E-state index contributed by atoms with van der Waals surface area (Å²) < 4.78 is 11.2. The topological polar surface area (TPSA) is 79.3 Å². The minimum Gasteiger partial charge on any atom is -0.507 e. The number of ether oxygens (including phenoxy) is 2. The van der Waals surface area contributed by atoms with Crippen LogP contribution in [0.3, 0.4) is 0 Å². The molecule has 7 heteroatoms. The molecule has 0 radical (unpaired) electrons. The van der Waals surface area contributed by atoms with Crippen LogP contribution in [0.2, 0.25) is 0 Å². The molecule has 0 aromatic heterocycles. The number of aliphatic hydroxyl groups is 1. The lowest BCUT2D eigenvalue weighted by Crippen LogP contribution is -2.38. The van der Waals surface area contributed by atoms with E-state index >= 15 is 0 Å². The van der Waals surface area contributed by atoms with Crippen molar-refractivity contribution >= 4 is 17.4 Å². The first kappa shape index (κ1) is 26.3. The number of nitrogens with zero attached hydrogens (tertiary/aromatic N) is 2. The van der Waals surface area contributed by atoms with Crippen molar-refractivity contribution in [3.63, 3.8) is 0 Å². The van der Waals surface area contributed by atoms with Gasteiger partial charge in [0, 0.05) is 18.7 Å². The van der Waals surface area contributed by atoms with E-state index in [9.17, 15) is 14.7 Å². The number of carbonyl (C=O) groups excluding carboxylic acids is 2. The van der Waals surface area contributed by atoms with Gasteiger partial charge in [-0.25, -0.2) is 0 Å². The molecule has 1 N–H and O–H groups in total. The van der Waals surface area contributed by atoms with Crippen LogP contribution in [0.5, 0.6) is 11.5 Å². The van der Waals surface area contributed by atoms with E-state index in [0.29, 0.717) is 36.8 Å². The highest BCUT2D eigenvalue weighted by Gasteiger charge is 2.46. The van der Waals surface area contributed by atoms with E-state index < -0.39 is 17.7 Å². The molecule has 1 saturated heterocycles. The van der Waals surface area contributed by atoms with E-state index in [1.807, 2.05) is 45.0 Å². The minimum absolute atomic E-state index is 0.0187. The van der Waals surface area contributed by atoms with Gasteiger partial charge in [-0.05, 0) is 75.8 Å². The highest BCUT2D eigenvalue weighted by molar-refractivity contribution is 6.46. The molecule has 1 amide bonds. The van der Waals surface area contributed by atoms with Crippen LogP contribution in [0, 0.1) is 0 Å².